The van der Waals surface area contributed by atoms with Gasteiger partial charge in [-0.1, -0.05) is 55.0 Å². The first-order valence-electron chi connectivity index (χ1n) is 12.3. The maximum atomic E-state index is 13.3. The number of nitrogens with one attached hydrogen (secondary N) is 1. The molecule has 2 fully saturated rings. The average molecular weight is 477 g/mol. The predicted octanol–water partition coefficient (Wildman–Crippen LogP) is 4.26. The second-order valence-electron chi connectivity index (χ2n) is 10.8. The van der Waals surface area contributed by atoms with Gasteiger partial charge in [-0.2, -0.15) is 0 Å². The molecule has 2 atom stereocenters. The number of amides is 2. The normalized spacial score (nSPS) is 22.9. The van der Waals surface area contributed by atoms with Crippen molar-refractivity contribution in [3.8, 4) is 11.1 Å². The highest BCUT2D eigenvalue weighted by atomic mass is 16.5. The Balaban J connectivity index is 1.18. The van der Waals surface area contributed by atoms with Crippen molar-refractivity contribution in [2.45, 2.75) is 39.0 Å². The van der Waals surface area contributed by atoms with Crippen LogP contribution in [0.3, 0.4) is 0 Å². The van der Waals surface area contributed by atoms with E-state index in [0.29, 0.717) is 13.0 Å². The van der Waals surface area contributed by atoms with Crippen LogP contribution in [0.1, 0.15) is 50.2 Å². The molecule has 2 aliphatic carbocycles. The lowest BCUT2D eigenvalue weighted by atomic mass is 9.81. The Morgan fingerprint density at radius 1 is 1.09 bits per heavy atom. The third kappa shape index (κ3) is 3.97. The largest absolute Gasteiger partial charge is 0.481 e. The van der Waals surface area contributed by atoms with Crippen LogP contribution in [0, 0.1) is 16.7 Å². The lowest BCUT2D eigenvalue weighted by Gasteiger charge is -2.30. The predicted molar refractivity (Wildman–Crippen MR) is 131 cm³/mol. The second-order valence-corrected chi connectivity index (χ2v) is 10.8. The van der Waals surface area contributed by atoms with Crippen molar-refractivity contribution >= 4 is 18.0 Å². The molecule has 184 valence electrons. The van der Waals surface area contributed by atoms with Crippen molar-refractivity contribution in [1.82, 2.24) is 10.2 Å². The van der Waals surface area contributed by atoms with E-state index in [1.54, 1.807) is 18.7 Å². The molecule has 7 heteroatoms. The van der Waals surface area contributed by atoms with Crippen LogP contribution in [0.5, 0.6) is 0 Å². The first-order chi connectivity index (χ1) is 16.7. The van der Waals surface area contributed by atoms with Crippen LogP contribution >= 0.6 is 0 Å². The number of carbonyl (C=O) groups excluding carboxylic acids is 2. The number of rotatable bonds is 6. The molecule has 0 bridgehead atoms. The zero-order chi connectivity index (χ0) is 24.8. The van der Waals surface area contributed by atoms with E-state index < -0.39 is 22.9 Å². The number of carbonyl (C=O) groups is 3. The summed E-state index contributed by atoms with van der Waals surface area (Å²) in [5.41, 5.74) is 2.93. The molecule has 35 heavy (non-hydrogen) atoms. The number of fused-ring (bicyclic) bond motifs is 4. The molecular formula is C28H32N2O5. The van der Waals surface area contributed by atoms with Gasteiger partial charge < -0.3 is 20.1 Å². The summed E-state index contributed by atoms with van der Waals surface area (Å²) in [6.07, 6.45) is 1.79. The quantitative estimate of drug-likeness (QED) is 0.649. The number of carboxylic acids is 1. The van der Waals surface area contributed by atoms with Gasteiger partial charge in [0.25, 0.3) is 0 Å². The summed E-state index contributed by atoms with van der Waals surface area (Å²) in [5.74, 6) is -0.954. The molecule has 0 aromatic heterocycles. The second kappa shape index (κ2) is 8.70. The Bertz CT molecular complexity index is 1130. The molecule has 0 radical (unpaired) electrons. The third-order valence-electron chi connectivity index (χ3n) is 8.18. The zero-order valence-electron chi connectivity index (χ0n) is 20.3. The van der Waals surface area contributed by atoms with Gasteiger partial charge in [0, 0.05) is 25.6 Å². The fourth-order valence-corrected chi connectivity index (χ4v) is 6.24. The Morgan fingerprint density at radius 3 is 2.31 bits per heavy atom. The van der Waals surface area contributed by atoms with Crippen LogP contribution < -0.4 is 5.32 Å². The highest BCUT2D eigenvalue weighted by Crippen LogP contribution is 2.49. The molecule has 7 nitrogen and oxygen atoms in total. The van der Waals surface area contributed by atoms with Crippen LogP contribution in [-0.2, 0) is 14.3 Å². The van der Waals surface area contributed by atoms with E-state index in [4.69, 9.17) is 4.74 Å². The molecule has 2 aromatic rings. The summed E-state index contributed by atoms with van der Waals surface area (Å²) >= 11 is 0. The van der Waals surface area contributed by atoms with Crippen LogP contribution in [0.2, 0.25) is 0 Å². The minimum atomic E-state index is -0.871. The molecule has 1 saturated heterocycles. The number of hydrogen-bond acceptors (Lipinski definition) is 4. The Hall–Kier alpha value is -3.35. The molecule has 2 aromatic carbocycles. The first kappa shape index (κ1) is 23.4. The van der Waals surface area contributed by atoms with Gasteiger partial charge in [-0.25, -0.2) is 4.79 Å². The highest BCUT2D eigenvalue weighted by molar-refractivity contribution is 5.85. The van der Waals surface area contributed by atoms with Crippen molar-refractivity contribution in [2.75, 3.05) is 26.2 Å². The summed E-state index contributed by atoms with van der Waals surface area (Å²) in [7, 11) is 0. The molecule has 1 aliphatic heterocycles. The SMILES string of the molecule is CC(C)(CNC(=O)OCC1c2ccccc2-c2ccccc21)C(=O)N1CC2CCCC2(C(=O)O)C1. The van der Waals surface area contributed by atoms with E-state index in [-0.39, 0.29) is 37.4 Å². The van der Waals surface area contributed by atoms with E-state index in [2.05, 4.69) is 29.6 Å². The summed E-state index contributed by atoms with van der Waals surface area (Å²) in [5, 5.41) is 12.6. The monoisotopic (exact) mass is 476 g/mol. The smallest absolute Gasteiger partial charge is 0.407 e. The van der Waals surface area contributed by atoms with Gasteiger partial charge in [0.05, 0.1) is 10.8 Å². The molecule has 0 spiro atoms. The summed E-state index contributed by atoms with van der Waals surface area (Å²) in [4.78, 5) is 39.5. The van der Waals surface area contributed by atoms with Gasteiger partial charge in [-0.05, 0) is 54.9 Å². The summed E-state index contributed by atoms with van der Waals surface area (Å²) in [6.45, 7) is 4.61. The maximum Gasteiger partial charge on any atom is 0.407 e. The molecule has 2 unspecified atom stereocenters. The van der Waals surface area contributed by atoms with E-state index in [0.717, 1.165) is 24.0 Å². The fourth-order valence-electron chi connectivity index (χ4n) is 6.24. The summed E-state index contributed by atoms with van der Waals surface area (Å²) in [6, 6.07) is 16.3. The molecule has 2 amide bonds. The van der Waals surface area contributed by atoms with Crippen molar-refractivity contribution in [3.05, 3.63) is 59.7 Å². The van der Waals surface area contributed by atoms with Crippen LogP contribution in [-0.4, -0.2) is 54.2 Å². The van der Waals surface area contributed by atoms with E-state index in [1.165, 1.54) is 11.1 Å². The van der Waals surface area contributed by atoms with Crippen LogP contribution in [0.4, 0.5) is 4.79 Å². The molecule has 3 aliphatic rings. The number of carboxylic acid groups (broad SMARTS) is 1. The number of aliphatic carboxylic acids is 1. The molecule has 1 heterocycles. The van der Waals surface area contributed by atoms with Crippen molar-refractivity contribution in [1.29, 1.82) is 0 Å². The average Bonchev–Trinajstić information content (AvgIpc) is 3.51. The Labute approximate surface area is 205 Å². The highest BCUT2D eigenvalue weighted by Gasteiger charge is 2.56. The zero-order valence-corrected chi connectivity index (χ0v) is 20.3. The van der Waals surface area contributed by atoms with Gasteiger partial charge >= 0.3 is 12.1 Å². The van der Waals surface area contributed by atoms with Crippen molar-refractivity contribution in [3.63, 3.8) is 0 Å². The number of likely N-dealkylation sites (tertiary alicyclic amines) is 1. The molecule has 1 saturated carbocycles. The number of nitrogens with zero attached hydrogens (tertiary/aromatic N) is 1. The maximum absolute atomic E-state index is 13.3. The van der Waals surface area contributed by atoms with Gasteiger partial charge in [-0.3, -0.25) is 9.59 Å². The first-order valence-corrected chi connectivity index (χ1v) is 12.3. The van der Waals surface area contributed by atoms with E-state index in [1.807, 2.05) is 24.3 Å². The van der Waals surface area contributed by atoms with E-state index in [9.17, 15) is 19.5 Å². The molecular weight excluding hydrogens is 444 g/mol. The molecule has 5 rings (SSSR count). The van der Waals surface area contributed by atoms with Gasteiger partial charge in [0.1, 0.15) is 6.61 Å². The number of hydrogen-bond donors (Lipinski definition) is 2. The summed E-state index contributed by atoms with van der Waals surface area (Å²) < 4.78 is 5.60. The van der Waals surface area contributed by atoms with Gasteiger partial charge in [-0.15, -0.1) is 0 Å². The lowest BCUT2D eigenvalue weighted by molar-refractivity contribution is -0.150. The van der Waals surface area contributed by atoms with E-state index >= 15 is 0 Å². The fraction of sp³-hybridized carbons (Fsp3) is 0.464. The minimum Gasteiger partial charge on any atom is -0.481 e. The number of alkyl carbamates (subject to hydrolysis) is 1. The van der Waals surface area contributed by atoms with Gasteiger partial charge in [0.15, 0.2) is 0 Å². The van der Waals surface area contributed by atoms with Crippen molar-refractivity contribution < 1.29 is 24.2 Å². The van der Waals surface area contributed by atoms with Gasteiger partial charge in [0.2, 0.25) is 5.91 Å². The lowest BCUT2D eigenvalue weighted by Crippen LogP contribution is -2.47. The number of ether oxygens (including phenoxy) is 1. The van der Waals surface area contributed by atoms with Crippen molar-refractivity contribution in [2.24, 2.45) is 16.7 Å². The standard InChI is InChI=1S/C28H32N2O5/c1-27(2,24(31)30-14-18-8-7-13-28(18,17-30)25(32)33)16-29-26(34)35-15-23-21-11-5-3-9-19(21)20-10-4-6-12-22(20)23/h3-6,9-12,18,23H,7-8,13-17H2,1-2H3,(H,29,34)(H,32,33). The Morgan fingerprint density at radius 2 is 1.71 bits per heavy atom. The van der Waals surface area contributed by atoms with Crippen LogP contribution in [0.25, 0.3) is 11.1 Å². The van der Waals surface area contributed by atoms with Crippen LogP contribution in [0.15, 0.2) is 48.5 Å². The Kier molecular flexibility index (Phi) is 5.82. The number of benzene rings is 2. The topological polar surface area (TPSA) is 95.9 Å². The molecule has 2 N–H and O–H groups in total. The third-order valence-corrected chi connectivity index (χ3v) is 8.18. The minimum absolute atomic E-state index is 0.00911.